The van der Waals surface area contributed by atoms with Crippen molar-refractivity contribution in [3.05, 3.63) is 87.1 Å². The van der Waals surface area contributed by atoms with Crippen LogP contribution in [0.3, 0.4) is 0 Å². The van der Waals surface area contributed by atoms with Crippen molar-refractivity contribution in [3.63, 3.8) is 0 Å². The number of aryl methyl sites for hydroxylation is 1. The molecule has 2 atom stereocenters. The molecule has 0 fully saturated rings. The molecule has 0 saturated carbocycles. The Labute approximate surface area is 203 Å². The van der Waals surface area contributed by atoms with Crippen LogP contribution in [0.25, 0.3) is 0 Å². The molecule has 34 heavy (non-hydrogen) atoms. The third-order valence-electron chi connectivity index (χ3n) is 5.92. The zero-order chi connectivity index (χ0) is 23.9. The van der Waals surface area contributed by atoms with E-state index >= 15 is 0 Å². The summed E-state index contributed by atoms with van der Waals surface area (Å²) in [5.41, 5.74) is 3.39. The summed E-state index contributed by atoms with van der Waals surface area (Å²) in [6.07, 6.45) is 3.06. The first-order chi connectivity index (χ1) is 16.5. The van der Waals surface area contributed by atoms with Gasteiger partial charge in [-0.1, -0.05) is 42.3 Å². The number of carbonyl (C=O) groups excluding carboxylic acids is 1. The van der Waals surface area contributed by atoms with Gasteiger partial charge in [0.15, 0.2) is 0 Å². The van der Waals surface area contributed by atoms with Gasteiger partial charge in [-0.2, -0.15) is 0 Å². The number of carboxylic acid groups (broad SMARTS) is 1. The quantitative estimate of drug-likeness (QED) is 0.411. The summed E-state index contributed by atoms with van der Waals surface area (Å²) in [4.78, 5) is 25.6. The summed E-state index contributed by atoms with van der Waals surface area (Å²) in [7, 11) is 0. The van der Waals surface area contributed by atoms with Crippen LogP contribution >= 0.6 is 11.3 Å². The Hall–Kier alpha value is -3.56. The third kappa shape index (κ3) is 5.86. The van der Waals surface area contributed by atoms with Crippen molar-refractivity contribution in [3.8, 4) is 17.6 Å². The molecule has 5 nitrogen and oxygen atoms in total. The predicted molar refractivity (Wildman–Crippen MR) is 133 cm³/mol. The highest BCUT2D eigenvalue weighted by Crippen LogP contribution is 2.30. The summed E-state index contributed by atoms with van der Waals surface area (Å²) in [5, 5.41) is 12.3. The van der Waals surface area contributed by atoms with Crippen molar-refractivity contribution in [2.45, 2.75) is 51.2 Å². The topological polar surface area (TPSA) is 75.6 Å². The molecular weight excluding hydrogens is 446 g/mol. The Morgan fingerprint density at radius 3 is 2.71 bits per heavy atom. The molecule has 1 aromatic heterocycles. The summed E-state index contributed by atoms with van der Waals surface area (Å²) in [5.74, 6) is 5.16. The smallest absolute Gasteiger partial charge is 0.304 e. The number of nitrogens with one attached hydrogen (secondary N) is 1. The van der Waals surface area contributed by atoms with Gasteiger partial charge in [0.1, 0.15) is 12.4 Å². The van der Waals surface area contributed by atoms with Gasteiger partial charge in [-0.15, -0.1) is 17.3 Å². The predicted octanol–water partition coefficient (Wildman–Crippen LogP) is 5.72. The molecule has 4 rings (SSSR count). The van der Waals surface area contributed by atoms with Crippen LogP contribution in [0.15, 0.2) is 60.7 Å². The van der Waals surface area contributed by atoms with Crippen molar-refractivity contribution >= 4 is 23.2 Å². The number of thiophene rings is 1. The number of fused-ring (bicyclic) bond motifs is 1. The average molecular weight is 474 g/mol. The highest BCUT2D eigenvalue weighted by atomic mass is 32.1. The summed E-state index contributed by atoms with van der Waals surface area (Å²) >= 11 is 1.43. The molecule has 1 aliphatic rings. The lowest BCUT2D eigenvalue weighted by Crippen LogP contribution is -2.30. The van der Waals surface area contributed by atoms with E-state index in [4.69, 9.17) is 9.84 Å². The van der Waals surface area contributed by atoms with Crippen molar-refractivity contribution in [1.82, 2.24) is 5.32 Å². The van der Waals surface area contributed by atoms with Crippen LogP contribution in [-0.2, 0) is 17.8 Å². The fraction of sp³-hybridized carbons (Fsp3) is 0.286. The zero-order valence-corrected chi connectivity index (χ0v) is 19.9. The first-order valence-corrected chi connectivity index (χ1v) is 12.2. The first kappa shape index (κ1) is 23.6. The van der Waals surface area contributed by atoms with Crippen molar-refractivity contribution < 1.29 is 19.4 Å². The van der Waals surface area contributed by atoms with Crippen LogP contribution in [0, 0.1) is 11.8 Å². The largest absolute Gasteiger partial charge is 0.488 e. The molecule has 0 bridgehead atoms. The number of ether oxygens (including phenoxy) is 1. The van der Waals surface area contributed by atoms with E-state index in [1.165, 1.54) is 22.5 Å². The van der Waals surface area contributed by atoms with Crippen LogP contribution in [-0.4, -0.2) is 17.0 Å². The number of aliphatic carboxylic acids is 1. The molecule has 1 aliphatic carbocycles. The lowest BCUT2D eigenvalue weighted by Gasteiger charge is -2.26. The molecule has 2 unspecified atom stereocenters. The Morgan fingerprint density at radius 1 is 1.15 bits per heavy atom. The second-order valence-electron chi connectivity index (χ2n) is 8.29. The third-order valence-corrected chi connectivity index (χ3v) is 6.98. The van der Waals surface area contributed by atoms with Gasteiger partial charge in [0.05, 0.1) is 23.3 Å². The number of benzene rings is 2. The number of carbonyl (C=O) groups is 2. The SMILES string of the molecule is CC#CC(CC(=O)O)c1ccc(OCc2ccc(C(=O)NC3CCCc4ccccc43)s2)cc1. The molecule has 1 amide bonds. The maximum atomic E-state index is 12.8. The highest BCUT2D eigenvalue weighted by molar-refractivity contribution is 7.14. The van der Waals surface area contributed by atoms with Gasteiger partial charge in [0.2, 0.25) is 0 Å². The number of hydrogen-bond acceptors (Lipinski definition) is 4. The van der Waals surface area contributed by atoms with E-state index in [-0.39, 0.29) is 24.3 Å². The summed E-state index contributed by atoms with van der Waals surface area (Å²) in [6.45, 7) is 2.06. The second kappa shape index (κ2) is 11.0. The first-order valence-electron chi connectivity index (χ1n) is 11.4. The Balaban J connectivity index is 1.34. The lowest BCUT2D eigenvalue weighted by molar-refractivity contribution is -0.137. The van der Waals surface area contributed by atoms with Gasteiger partial charge in [-0.05, 0) is 67.1 Å². The fourth-order valence-corrected chi connectivity index (χ4v) is 5.09. The summed E-state index contributed by atoms with van der Waals surface area (Å²) in [6, 6.07) is 19.5. The molecule has 174 valence electrons. The minimum absolute atomic E-state index is 0.0342. The van der Waals surface area contributed by atoms with E-state index in [1.807, 2.05) is 42.5 Å². The van der Waals surface area contributed by atoms with Crippen molar-refractivity contribution in [1.29, 1.82) is 0 Å². The maximum Gasteiger partial charge on any atom is 0.304 e. The molecule has 3 aromatic rings. The maximum absolute atomic E-state index is 12.8. The van der Waals surface area contributed by atoms with Crippen molar-refractivity contribution in [2.75, 3.05) is 0 Å². The van der Waals surface area contributed by atoms with Gasteiger partial charge in [-0.25, -0.2) is 0 Å². The Morgan fingerprint density at radius 2 is 1.94 bits per heavy atom. The molecule has 2 aromatic carbocycles. The molecule has 0 saturated heterocycles. The molecule has 2 N–H and O–H groups in total. The van der Waals surface area contributed by atoms with Gasteiger partial charge in [0, 0.05) is 4.88 Å². The van der Waals surface area contributed by atoms with E-state index in [2.05, 4.69) is 35.4 Å². The van der Waals surface area contributed by atoms with Crippen molar-refractivity contribution in [2.24, 2.45) is 0 Å². The average Bonchev–Trinajstić information content (AvgIpc) is 3.32. The van der Waals surface area contributed by atoms with E-state index in [9.17, 15) is 9.59 Å². The molecular formula is C28H27NO4S. The molecule has 6 heteroatoms. The normalized spacial score (nSPS) is 15.4. The van der Waals surface area contributed by atoms with E-state index in [0.29, 0.717) is 17.2 Å². The van der Waals surface area contributed by atoms with Crippen LogP contribution in [0.1, 0.15) is 69.4 Å². The number of hydrogen-bond donors (Lipinski definition) is 2. The second-order valence-corrected chi connectivity index (χ2v) is 9.45. The Bertz CT molecular complexity index is 1220. The van der Waals surface area contributed by atoms with E-state index in [0.717, 1.165) is 29.7 Å². The minimum atomic E-state index is -0.877. The monoisotopic (exact) mass is 473 g/mol. The van der Waals surface area contributed by atoms with Crippen LogP contribution < -0.4 is 10.1 Å². The van der Waals surface area contributed by atoms with Gasteiger partial charge < -0.3 is 15.2 Å². The Kier molecular flexibility index (Phi) is 7.66. The minimum Gasteiger partial charge on any atom is -0.488 e. The van der Waals surface area contributed by atoms with Gasteiger partial charge in [0.25, 0.3) is 5.91 Å². The van der Waals surface area contributed by atoms with Gasteiger partial charge >= 0.3 is 5.97 Å². The highest BCUT2D eigenvalue weighted by Gasteiger charge is 2.22. The standard InChI is InChI=1S/C28H27NO4S/c1-2-6-21(17-27(30)31)19-11-13-22(14-12-19)33-18-23-15-16-26(34-23)28(32)29-25-10-5-8-20-7-3-4-9-24(20)25/h3-4,7,9,11-16,21,25H,5,8,10,17-18H2,1H3,(H,29,32)(H,30,31). The lowest BCUT2D eigenvalue weighted by atomic mass is 9.88. The molecule has 0 spiro atoms. The van der Waals surface area contributed by atoms with Crippen LogP contribution in [0.5, 0.6) is 5.75 Å². The van der Waals surface area contributed by atoms with Crippen LogP contribution in [0.4, 0.5) is 0 Å². The summed E-state index contributed by atoms with van der Waals surface area (Å²) < 4.78 is 5.88. The van der Waals surface area contributed by atoms with Crippen LogP contribution in [0.2, 0.25) is 0 Å². The van der Waals surface area contributed by atoms with E-state index < -0.39 is 5.97 Å². The number of amides is 1. The fourth-order valence-electron chi connectivity index (χ4n) is 4.26. The molecule has 0 aliphatic heterocycles. The van der Waals surface area contributed by atoms with E-state index in [1.54, 1.807) is 6.92 Å². The zero-order valence-electron chi connectivity index (χ0n) is 19.0. The van der Waals surface area contributed by atoms with Gasteiger partial charge in [-0.3, -0.25) is 9.59 Å². The molecule has 1 heterocycles. The number of carboxylic acids is 1. The number of rotatable bonds is 8. The molecule has 0 radical (unpaired) electrons.